The summed E-state index contributed by atoms with van der Waals surface area (Å²) in [6.45, 7) is 1.95. The highest BCUT2D eigenvalue weighted by atomic mass is 32.2. The molecule has 0 unspecified atom stereocenters. The molecule has 4 nitrogen and oxygen atoms in total. The first kappa shape index (κ1) is 17.0. The lowest BCUT2D eigenvalue weighted by Crippen LogP contribution is -2.31. The van der Waals surface area contributed by atoms with Crippen LogP contribution in [-0.4, -0.2) is 28.1 Å². The first-order chi connectivity index (χ1) is 12.5. The Labute approximate surface area is 161 Å². The van der Waals surface area contributed by atoms with Gasteiger partial charge in [-0.3, -0.25) is 14.5 Å². The Hall–Kier alpha value is -2.44. The largest absolute Gasteiger partial charge is 0.311 e. The summed E-state index contributed by atoms with van der Waals surface area (Å²) in [6.07, 6.45) is 0. The topological polar surface area (TPSA) is 40.6 Å². The zero-order chi connectivity index (χ0) is 18.4. The van der Waals surface area contributed by atoms with Gasteiger partial charge >= 0.3 is 0 Å². The van der Waals surface area contributed by atoms with Crippen LogP contribution in [0.1, 0.15) is 24.1 Å². The number of rotatable bonds is 2. The zero-order valence-corrected chi connectivity index (χ0v) is 15.9. The second kappa shape index (κ2) is 6.37. The van der Waals surface area contributed by atoms with E-state index in [0.29, 0.717) is 14.8 Å². The molecule has 0 aliphatic carbocycles. The molecule has 2 aliphatic rings. The highest BCUT2D eigenvalue weighted by molar-refractivity contribution is 8.26. The number of nitrogens with zero attached hydrogens (tertiary/aromatic N) is 2. The number of hydrogen-bond donors (Lipinski definition) is 0. The number of para-hydroxylation sites is 1. The average molecular weight is 380 g/mol. The minimum atomic E-state index is -0.204. The molecule has 1 fully saturated rings. The molecular formula is C20H16N2O2S2. The number of amides is 2. The normalized spacial score (nSPS) is 20.8. The van der Waals surface area contributed by atoms with Crippen molar-refractivity contribution in [3.8, 4) is 0 Å². The predicted molar refractivity (Wildman–Crippen MR) is 109 cm³/mol. The van der Waals surface area contributed by atoms with E-state index in [1.54, 1.807) is 16.8 Å². The van der Waals surface area contributed by atoms with Crippen LogP contribution in [0.4, 0.5) is 5.69 Å². The van der Waals surface area contributed by atoms with Gasteiger partial charge in [0.2, 0.25) is 0 Å². The number of thiocarbonyl (C=S) groups is 1. The number of anilines is 1. The van der Waals surface area contributed by atoms with Crippen LogP contribution in [0.15, 0.2) is 59.5 Å². The molecule has 0 N–H and O–H groups in total. The van der Waals surface area contributed by atoms with E-state index < -0.39 is 0 Å². The summed E-state index contributed by atoms with van der Waals surface area (Å²) in [6, 6.07) is 17.1. The molecule has 2 heterocycles. The number of likely N-dealkylation sites (N-methyl/N-ethyl adjacent to an activating group) is 1. The zero-order valence-electron chi connectivity index (χ0n) is 14.3. The molecule has 6 heteroatoms. The molecule has 0 aromatic heterocycles. The number of benzene rings is 2. The molecule has 0 saturated carbocycles. The van der Waals surface area contributed by atoms with Gasteiger partial charge in [-0.15, -0.1) is 0 Å². The summed E-state index contributed by atoms with van der Waals surface area (Å²) < 4.78 is 0.480. The molecule has 2 aromatic rings. The maximum atomic E-state index is 13.2. The Balaban J connectivity index is 1.79. The summed E-state index contributed by atoms with van der Waals surface area (Å²) in [5.41, 5.74) is 3.05. The Kier molecular flexibility index (Phi) is 4.17. The van der Waals surface area contributed by atoms with Crippen molar-refractivity contribution in [2.45, 2.75) is 13.0 Å². The minimum absolute atomic E-state index is 0.168. The lowest BCUT2D eigenvalue weighted by atomic mass is 10.1. The summed E-state index contributed by atoms with van der Waals surface area (Å²) in [5, 5.41) is 0. The van der Waals surface area contributed by atoms with E-state index in [1.807, 2.05) is 61.5 Å². The van der Waals surface area contributed by atoms with Gasteiger partial charge in [-0.2, -0.15) is 0 Å². The molecule has 2 amide bonds. The van der Waals surface area contributed by atoms with Gasteiger partial charge in [0.1, 0.15) is 4.32 Å². The molecule has 26 heavy (non-hydrogen) atoms. The number of thioether (sulfide) groups is 1. The smallest absolute Gasteiger partial charge is 0.267 e. The SMILES string of the molecule is C[C@@H](c1ccccc1)N1C(=O)/C(=C2/C(=O)N(C)c3ccccc32)SC1=S. The maximum Gasteiger partial charge on any atom is 0.267 e. The molecule has 0 spiro atoms. The van der Waals surface area contributed by atoms with E-state index in [1.165, 1.54) is 11.8 Å². The van der Waals surface area contributed by atoms with Crippen molar-refractivity contribution in [2.75, 3.05) is 11.9 Å². The molecule has 2 aromatic carbocycles. The molecule has 130 valence electrons. The van der Waals surface area contributed by atoms with E-state index in [4.69, 9.17) is 12.2 Å². The van der Waals surface area contributed by atoms with Crippen LogP contribution in [0.3, 0.4) is 0 Å². The monoisotopic (exact) mass is 380 g/mol. The van der Waals surface area contributed by atoms with Crippen molar-refractivity contribution in [2.24, 2.45) is 0 Å². The van der Waals surface area contributed by atoms with Crippen LogP contribution in [-0.2, 0) is 9.59 Å². The van der Waals surface area contributed by atoms with Crippen LogP contribution >= 0.6 is 24.0 Å². The first-order valence-electron chi connectivity index (χ1n) is 8.22. The molecule has 1 saturated heterocycles. The number of hydrogen-bond acceptors (Lipinski definition) is 4. The third-order valence-corrected chi connectivity index (χ3v) is 6.15. The van der Waals surface area contributed by atoms with E-state index in [-0.39, 0.29) is 17.9 Å². The highest BCUT2D eigenvalue weighted by Gasteiger charge is 2.42. The standard InChI is InChI=1S/C20H16N2O2S2/c1-12(13-8-4-3-5-9-13)22-19(24)17(26-20(22)25)16-14-10-6-7-11-15(14)21(2)18(16)23/h3-12H,1-2H3/b17-16-/t12-/m0/s1. The Morgan fingerprint density at radius 2 is 1.62 bits per heavy atom. The van der Waals surface area contributed by atoms with Gasteiger partial charge < -0.3 is 4.90 Å². The number of fused-ring (bicyclic) bond motifs is 1. The maximum absolute atomic E-state index is 13.2. The quantitative estimate of drug-likeness (QED) is 0.583. The Morgan fingerprint density at radius 3 is 2.35 bits per heavy atom. The van der Waals surface area contributed by atoms with Crippen molar-refractivity contribution >= 4 is 51.4 Å². The van der Waals surface area contributed by atoms with Crippen LogP contribution < -0.4 is 4.90 Å². The molecule has 4 rings (SSSR count). The van der Waals surface area contributed by atoms with Crippen molar-refractivity contribution in [1.29, 1.82) is 0 Å². The van der Waals surface area contributed by atoms with E-state index in [9.17, 15) is 9.59 Å². The first-order valence-corrected chi connectivity index (χ1v) is 9.45. The van der Waals surface area contributed by atoms with Crippen molar-refractivity contribution in [3.05, 3.63) is 70.6 Å². The van der Waals surface area contributed by atoms with Gasteiger partial charge in [0, 0.05) is 12.6 Å². The lowest BCUT2D eigenvalue weighted by Gasteiger charge is -2.23. The molecule has 0 radical (unpaired) electrons. The average Bonchev–Trinajstić information content (AvgIpc) is 3.09. The van der Waals surface area contributed by atoms with Gasteiger partial charge in [0.05, 0.1) is 22.2 Å². The highest BCUT2D eigenvalue weighted by Crippen LogP contribution is 2.45. The summed E-state index contributed by atoms with van der Waals surface area (Å²) >= 11 is 6.69. The Morgan fingerprint density at radius 1 is 0.962 bits per heavy atom. The molecule has 2 aliphatic heterocycles. The van der Waals surface area contributed by atoms with Crippen LogP contribution in [0.5, 0.6) is 0 Å². The fourth-order valence-corrected chi connectivity index (χ4v) is 4.82. The summed E-state index contributed by atoms with van der Waals surface area (Å²) in [5.74, 6) is -0.371. The van der Waals surface area contributed by atoms with E-state index >= 15 is 0 Å². The fourth-order valence-electron chi connectivity index (χ4n) is 3.33. The van der Waals surface area contributed by atoms with Gasteiger partial charge in [-0.05, 0) is 18.6 Å². The lowest BCUT2D eigenvalue weighted by molar-refractivity contribution is -0.123. The second-order valence-electron chi connectivity index (χ2n) is 6.22. The number of carbonyl (C=O) groups excluding carboxylic acids is 2. The van der Waals surface area contributed by atoms with Crippen molar-refractivity contribution in [3.63, 3.8) is 0 Å². The van der Waals surface area contributed by atoms with E-state index in [0.717, 1.165) is 16.8 Å². The van der Waals surface area contributed by atoms with E-state index in [2.05, 4.69) is 0 Å². The minimum Gasteiger partial charge on any atom is -0.311 e. The summed E-state index contributed by atoms with van der Waals surface area (Å²) in [4.78, 5) is 29.6. The fraction of sp³-hybridized carbons (Fsp3) is 0.150. The molecular weight excluding hydrogens is 364 g/mol. The van der Waals surface area contributed by atoms with Crippen LogP contribution in [0.2, 0.25) is 0 Å². The van der Waals surface area contributed by atoms with Crippen molar-refractivity contribution in [1.82, 2.24) is 4.90 Å². The summed E-state index contributed by atoms with van der Waals surface area (Å²) in [7, 11) is 1.72. The molecule has 0 bridgehead atoms. The van der Waals surface area contributed by atoms with Gasteiger partial charge in [-0.1, -0.05) is 72.5 Å². The Bertz CT molecular complexity index is 969. The van der Waals surface area contributed by atoms with Gasteiger partial charge in [0.25, 0.3) is 11.8 Å². The second-order valence-corrected chi connectivity index (χ2v) is 7.86. The number of carbonyl (C=O) groups is 2. The third-order valence-electron chi connectivity index (χ3n) is 4.75. The third kappa shape index (κ3) is 2.48. The van der Waals surface area contributed by atoms with Crippen molar-refractivity contribution < 1.29 is 9.59 Å². The predicted octanol–water partition coefficient (Wildman–Crippen LogP) is 4.00. The van der Waals surface area contributed by atoms with Crippen LogP contribution in [0, 0.1) is 0 Å². The van der Waals surface area contributed by atoms with Gasteiger partial charge in [-0.25, -0.2) is 0 Å². The van der Waals surface area contributed by atoms with Crippen LogP contribution in [0.25, 0.3) is 5.57 Å². The molecule has 1 atom stereocenters. The van der Waals surface area contributed by atoms with Gasteiger partial charge in [0.15, 0.2) is 0 Å².